The van der Waals surface area contributed by atoms with Crippen LogP contribution in [0.2, 0.25) is 0 Å². The van der Waals surface area contributed by atoms with Gasteiger partial charge in [-0.15, -0.1) is 0 Å². The van der Waals surface area contributed by atoms with Crippen LogP contribution in [0.5, 0.6) is 5.75 Å². The monoisotopic (exact) mass is 622 g/mol. The summed E-state index contributed by atoms with van der Waals surface area (Å²) < 4.78 is 12.1. The van der Waals surface area contributed by atoms with Gasteiger partial charge in [0.1, 0.15) is 18.0 Å². The summed E-state index contributed by atoms with van der Waals surface area (Å²) in [4.78, 5) is 39.9. The molecular formula is C32H35BrN2O6. The van der Waals surface area contributed by atoms with E-state index in [2.05, 4.69) is 21.2 Å². The minimum absolute atomic E-state index is 0.0201. The van der Waals surface area contributed by atoms with E-state index < -0.39 is 17.5 Å². The molecule has 0 radical (unpaired) electrons. The molecule has 2 N–H and O–H groups in total. The number of halogens is 1. The van der Waals surface area contributed by atoms with Gasteiger partial charge in [0.25, 0.3) is 5.91 Å². The molecule has 0 bridgehead atoms. The SMILES string of the molecule is Cc1ccc(C(=O)O)c(NC(=O)c2cc(C3CCN(C(=O)OC(C)(C)C)CC3)ccc2OCc2ccccc2)c1Br. The average molecular weight is 624 g/mol. The van der Waals surface area contributed by atoms with Gasteiger partial charge in [-0.3, -0.25) is 4.79 Å². The Kier molecular flexibility index (Phi) is 9.38. The third kappa shape index (κ3) is 7.67. The number of carbonyl (C=O) groups excluding carboxylic acids is 2. The standard InChI is InChI=1S/C32H35BrN2O6/c1-20-10-12-24(30(37)38)28(27(20)33)34-29(36)25-18-23(11-13-26(25)40-19-21-8-6-5-7-9-21)22-14-16-35(17-15-22)31(39)41-32(2,3)4/h5-13,18,22H,14-17,19H2,1-4H3,(H,34,36)(H,37,38). The van der Waals surface area contributed by atoms with Gasteiger partial charge in [-0.25, -0.2) is 9.59 Å². The van der Waals surface area contributed by atoms with Gasteiger partial charge in [0.15, 0.2) is 0 Å². The fourth-order valence-corrected chi connectivity index (χ4v) is 5.17. The fourth-order valence-electron chi connectivity index (χ4n) is 4.72. The molecule has 8 nitrogen and oxygen atoms in total. The molecule has 4 rings (SSSR count). The molecule has 1 aliphatic heterocycles. The topological polar surface area (TPSA) is 105 Å². The van der Waals surface area contributed by atoms with E-state index in [0.717, 1.165) is 29.5 Å². The number of aromatic carboxylic acids is 1. The molecule has 3 aromatic carbocycles. The van der Waals surface area contributed by atoms with E-state index in [1.54, 1.807) is 17.0 Å². The highest BCUT2D eigenvalue weighted by atomic mass is 79.9. The van der Waals surface area contributed by atoms with Crippen molar-refractivity contribution < 1.29 is 29.0 Å². The van der Waals surface area contributed by atoms with E-state index >= 15 is 0 Å². The molecule has 0 aromatic heterocycles. The van der Waals surface area contributed by atoms with E-state index in [0.29, 0.717) is 28.9 Å². The number of hydrogen-bond donors (Lipinski definition) is 2. The number of carbonyl (C=O) groups is 3. The molecular weight excluding hydrogens is 588 g/mol. The largest absolute Gasteiger partial charge is 0.488 e. The summed E-state index contributed by atoms with van der Waals surface area (Å²) >= 11 is 3.44. The minimum Gasteiger partial charge on any atom is -0.488 e. The van der Waals surface area contributed by atoms with Gasteiger partial charge in [0.05, 0.1) is 16.8 Å². The molecule has 0 atom stereocenters. The third-order valence-corrected chi connectivity index (χ3v) is 7.93. The predicted molar refractivity (Wildman–Crippen MR) is 161 cm³/mol. The summed E-state index contributed by atoms with van der Waals surface area (Å²) in [5.74, 6) is -1.10. The zero-order chi connectivity index (χ0) is 29.7. The zero-order valence-electron chi connectivity index (χ0n) is 23.7. The molecule has 1 saturated heterocycles. The Morgan fingerprint density at radius 2 is 1.68 bits per heavy atom. The van der Waals surface area contributed by atoms with Crippen LogP contribution in [0.3, 0.4) is 0 Å². The van der Waals surface area contributed by atoms with E-state index in [4.69, 9.17) is 9.47 Å². The smallest absolute Gasteiger partial charge is 0.410 e. The summed E-state index contributed by atoms with van der Waals surface area (Å²) in [6.07, 6.45) is 1.12. The van der Waals surface area contributed by atoms with Gasteiger partial charge in [-0.1, -0.05) is 42.5 Å². The summed E-state index contributed by atoms with van der Waals surface area (Å²) in [6, 6.07) is 18.3. The Labute approximate surface area is 248 Å². The maximum Gasteiger partial charge on any atom is 0.410 e. The number of carboxylic acids is 1. The van der Waals surface area contributed by atoms with Crippen molar-refractivity contribution in [2.45, 2.75) is 58.7 Å². The first-order valence-electron chi connectivity index (χ1n) is 13.6. The van der Waals surface area contributed by atoms with Gasteiger partial charge in [-0.2, -0.15) is 0 Å². The number of rotatable bonds is 7. The molecule has 3 aromatic rings. The van der Waals surface area contributed by atoms with Crippen molar-refractivity contribution in [2.24, 2.45) is 0 Å². The first-order chi connectivity index (χ1) is 19.4. The number of benzene rings is 3. The number of anilines is 1. The maximum absolute atomic E-state index is 13.7. The lowest BCUT2D eigenvalue weighted by Gasteiger charge is -2.33. The van der Waals surface area contributed by atoms with Crippen LogP contribution in [-0.2, 0) is 11.3 Å². The van der Waals surface area contributed by atoms with Gasteiger partial charge in [0.2, 0.25) is 0 Å². The normalized spacial score (nSPS) is 13.9. The Morgan fingerprint density at radius 1 is 1.00 bits per heavy atom. The van der Waals surface area contributed by atoms with Crippen molar-refractivity contribution in [3.8, 4) is 5.75 Å². The highest BCUT2D eigenvalue weighted by molar-refractivity contribution is 9.10. The van der Waals surface area contributed by atoms with Crippen LogP contribution in [0, 0.1) is 6.92 Å². The average Bonchev–Trinajstić information content (AvgIpc) is 2.94. The zero-order valence-corrected chi connectivity index (χ0v) is 25.3. The Balaban J connectivity index is 1.60. The fraction of sp³-hybridized carbons (Fsp3) is 0.344. The second kappa shape index (κ2) is 12.8. The molecule has 1 heterocycles. The van der Waals surface area contributed by atoms with E-state index in [-0.39, 0.29) is 29.9 Å². The van der Waals surface area contributed by atoms with Crippen molar-refractivity contribution in [3.05, 3.63) is 93.0 Å². The van der Waals surface area contributed by atoms with E-state index in [1.165, 1.54) is 6.07 Å². The lowest BCUT2D eigenvalue weighted by atomic mass is 9.88. The molecule has 0 spiro atoms. The van der Waals surface area contributed by atoms with Gasteiger partial charge in [-0.05, 0) is 97.3 Å². The molecule has 41 heavy (non-hydrogen) atoms. The summed E-state index contributed by atoms with van der Waals surface area (Å²) in [7, 11) is 0. The number of carboxylic acid groups (broad SMARTS) is 1. The second-order valence-electron chi connectivity index (χ2n) is 11.1. The molecule has 1 aliphatic rings. The van der Waals surface area contributed by atoms with Gasteiger partial charge in [0, 0.05) is 17.6 Å². The quantitative estimate of drug-likeness (QED) is 0.284. The van der Waals surface area contributed by atoms with Crippen LogP contribution in [0.15, 0.2) is 65.1 Å². The number of ether oxygens (including phenoxy) is 2. The van der Waals surface area contributed by atoms with Crippen molar-refractivity contribution in [2.75, 3.05) is 18.4 Å². The minimum atomic E-state index is -1.15. The number of likely N-dealkylation sites (tertiary alicyclic amines) is 1. The first-order valence-corrected chi connectivity index (χ1v) is 14.3. The summed E-state index contributed by atoms with van der Waals surface area (Å²) in [5.41, 5.74) is 2.60. The predicted octanol–water partition coefficient (Wildman–Crippen LogP) is 7.40. The van der Waals surface area contributed by atoms with Crippen LogP contribution in [-0.4, -0.2) is 46.7 Å². The molecule has 2 amide bonds. The number of amides is 2. The highest BCUT2D eigenvalue weighted by Gasteiger charge is 2.29. The Morgan fingerprint density at radius 3 is 2.32 bits per heavy atom. The van der Waals surface area contributed by atoms with Crippen molar-refractivity contribution in [1.29, 1.82) is 0 Å². The van der Waals surface area contributed by atoms with Gasteiger partial charge < -0.3 is 24.8 Å². The van der Waals surface area contributed by atoms with E-state index in [1.807, 2.05) is 70.2 Å². The van der Waals surface area contributed by atoms with Gasteiger partial charge >= 0.3 is 12.1 Å². The number of piperidine rings is 1. The number of aryl methyl sites for hydroxylation is 1. The molecule has 0 aliphatic carbocycles. The second-order valence-corrected chi connectivity index (χ2v) is 11.9. The van der Waals surface area contributed by atoms with Crippen LogP contribution in [0.25, 0.3) is 0 Å². The van der Waals surface area contributed by atoms with Crippen LogP contribution >= 0.6 is 15.9 Å². The van der Waals surface area contributed by atoms with Crippen LogP contribution in [0.1, 0.15) is 76.9 Å². The Bertz CT molecular complexity index is 1430. The van der Waals surface area contributed by atoms with Crippen LogP contribution < -0.4 is 10.1 Å². The first kappa shape index (κ1) is 30.1. The molecule has 0 unspecified atom stereocenters. The summed E-state index contributed by atoms with van der Waals surface area (Å²) in [6.45, 7) is 8.73. The molecule has 9 heteroatoms. The van der Waals surface area contributed by atoms with Crippen molar-refractivity contribution >= 4 is 39.6 Å². The van der Waals surface area contributed by atoms with E-state index in [9.17, 15) is 19.5 Å². The lowest BCUT2D eigenvalue weighted by molar-refractivity contribution is 0.0204. The Hall–Kier alpha value is -3.85. The number of nitrogens with one attached hydrogen (secondary N) is 1. The maximum atomic E-state index is 13.7. The van der Waals surface area contributed by atoms with Crippen molar-refractivity contribution in [3.63, 3.8) is 0 Å². The lowest BCUT2D eigenvalue weighted by Crippen LogP contribution is -2.41. The molecule has 216 valence electrons. The van der Waals surface area contributed by atoms with Crippen LogP contribution in [0.4, 0.5) is 10.5 Å². The highest BCUT2D eigenvalue weighted by Crippen LogP contribution is 2.34. The number of nitrogens with zero attached hydrogens (tertiary/aromatic N) is 1. The molecule has 0 saturated carbocycles. The molecule has 1 fully saturated rings. The third-order valence-electron chi connectivity index (χ3n) is 6.91. The van der Waals surface area contributed by atoms with Crippen molar-refractivity contribution in [1.82, 2.24) is 4.90 Å². The summed E-state index contributed by atoms with van der Waals surface area (Å²) in [5, 5.41) is 12.5. The number of hydrogen-bond acceptors (Lipinski definition) is 5.